The van der Waals surface area contributed by atoms with Gasteiger partial charge < -0.3 is 9.14 Å². The fourth-order valence-corrected chi connectivity index (χ4v) is 2.45. The van der Waals surface area contributed by atoms with Crippen LogP contribution >= 0.6 is 0 Å². The second-order valence-electron chi connectivity index (χ2n) is 4.73. The number of carbonyl (C=O) groups is 2. The molecule has 0 unspecified atom stereocenters. The zero-order valence-corrected chi connectivity index (χ0v) is 12.1. The van der Waals surface area contributed by atoms with Crippen LogP contribution in [0.25, 0.3) is 11.6 Å². The van der Waals surface area contributed by atoms with Gasteiger partial charge in [0.25, 0.3) is 0 Å². The molecular formula is C16H17NO3. The van der Waals surface area contributed by atoms with Crippen LogP contribution in [0.4, 0.5) is 0 Å². The molecule has 4 nitrogen and oxygen atoms in total. The highest BCUT2D eigenvalue weighted by molar-refractivity contribution is 6.02. The van der Waals surface area contributed by atoms with E-state index in [-0.39, 0.29) is 11.8 Å². The van der Waals surface area contributed by atoms with Gasteiger partial charge in [-0.25, -0.2) is 0 Å². The van der Waals surface area contributed by atoms with Crippen LogP contribution in [-0.2, 0) is 9.53 Å². The lowest BCUT2D eigenvalue weighted by molar-refractivity contribution is -0.136. The zero-order valence-electron chi connectivity index (χ0n) is 12.1. The number of pyridine rings is 1. The van der Waals surface area contributed by atoms with Crippen LogP contribution in [0.1, 0.15) is 42.4 Å². The molecule has 0 fully saturated rings. The minimum atomic E-state index is -0.372. The number of rotatable bonds is 3. The molecule has 0 radical (unpaired) electrons. The number of ether oxygens (including phenoxy) is 1. The van der Waals surface area contributed by atoms with Crippen molar-refractivity contribution in [3.05, 3.63) is 47.0 Å². The summed E-state index contributed by atoms with van der Waals surface area (Å²) in [6.45, 7) is 6.50. The second kappa shape index (κ2) is 5.33. The summed E-state index contributed by atoms with van der Waals surface area (Å²) in [5.74, 6) is 0.0905. The van der Waals surface area contributed by atoms with E-state index < -0.39 is 0 Å². The van der Waals surface area contributed by atoms with E-state index in [1.54, 1.807) is 19.9 Å². The number of fused-ring (bicyclic) bond motifs is 1. The van der Waals surface area contributed by atoms with E-state index in [2.05, 4.69) is 0 Å². The SMILES string of the molecule is CC(=O)OC(C)=Cc1c(C(C)=O)c(C)n2ccccc12. The summed E-state index contributed by atoms with van der Waals surface area (Å²) < 4.78 is 7.01. The molecule has 2 rings (SSSR count). The summed E-state index contributed by atoms with van der Waals surface area (Å²) in [6.07, 6.45) is 3.65. The van der Waals surface area contributed by atoms with E-state index in [0.717, 1.165) is 16.8 Å². The molecule has 2 aromatic rings. The smallest absolute Gasteiger partial charge is 0.307 e. The summed E-state index contributed by atoms with van der Waals surface area (Å²) >= 11 is 0. The number of carbonyl (C=O) groups excluding carboxylic acids is 2. The molecule has 0 saturated carbocycles. The van der Waals surface area contributed by atoms with E-state index >= 15 is 0 Å². The van der Waals surface area contributed by atoms with Crippen LogP contribution in [-0.4, -0.2) is 16.2 Å². The van der Waals surface area contributed by atoms with Gasteiger partial charge in [-0.2, -0.15) is 0 Å². The van der Waals surface area contributed by atoms with E-state index in [1.807, 2.05) is 35.7 Å². The number of aromatic nitrogens is 1. The van der Waals surface area contributed by atoms with E-state index in [1.165, 1.54) is 6.92 Å². The third-order valence-corrected chi connectivity index (χ3v) is 3.13. The Bertz CT molecular complexity index is 723. The summed E-state index contributed by atoms with van der Waals surface area (Å²) in [7, 11) is 0. The van der Waals surface area contributed by atoms with Crippen LogP contribution in [0.3, 0.4) is 0 Å². The molecule has 0 aliphatic rings. The lowest BCUT2D eigenvalue weighted by atomic mass is 10.1. The molecule has 4 heteroatoms. The average Bonchev–Trinajstić information content (AvgIpc) is 2.62. The van der Waals surface area contributed by atoms with Gasteiger partial charge in [-0.05, 0) is 39.0 Å². The van der Waals surface area contributed by atoms with E-state index in [4.69, 9.17) is 4.74 Å². The van der Waals surface area contributed by atoms with E-state index in [0.29, 0.717) is 11.3 Å². The van der Waals surface area contributed by atoms with Crippen molar-refractivity contribution in [2.24, 2.45) is 0 Å². The predicted octanol–water partition coefficient (Wildman–Crippen LogP) is 3.37. The Morgan fingerprint density at radius 2 is 1.90 bits per heavy atom. The summed E-state index contributed by atoms with van der Waals surface area (Å²) in [5.41, 5.74) is 3.24. The number of ketones is 1. The van der Waals surface area contributed by atoms with Crippen molar-refractivity contribution in [1.29, 1.82) is 0 Å². The molecule has 104 valence electrons. The van der Waals surface area contributed by atoms with Gasteiger partial charge in [0.2, 0.25) is 0 Å². The number of allylic oxidation sites excluding steroid dienone is 1. The highest BCUT2D eigenvalue weighted by atomic mass is 16.5. The van der Waals surface area contributed by atoms with Gasteiger partial charge in [0, 0.05) is 29.9 Å². The standard InChI is InChI=1S/C16H17NO3/c1-10(20-13(4)19)9-14-15-7-5-6-8-17(15)11(2)16(14)12(3)18/h5-9H,1-4H3. The normalized spacial score (nSPS) is 11.7. The van der Waals surface area contributed by atoms with Crippen molar-refractivity contribution in [2.75, 3.05) is 0 Å². The van der Waals surface area contributed by atoms with Gasteiger partial charge >= 0.3 is 5.97 Å². The predicted molar refractivity (Wildman–Crippen MR) is 77.6 cm³/mol. The third-order valence-electron chi connectivity index (χ3n) is 3.13. The first-order chi connectivity index (χ1) is 9.41. The number of esters is 1. The number of hydrogen-bond donors (Lipinski definition) is 0. The second-order valence-corrected chi connectivity index (χ2v) is 4.73. The van der Waals surface area contributed by atoms with Gasteiger partial charge in [-0.3, -0.25) is 9.59 Å². The molecule has 0 saturated heterocycles. The molecule has 0 aliphatic heterocycles. The van der Waals surface area contributed by atoms with Crippen molar-refractivity contribution in [3.63, 3.8) is 0 Å². The van der Waals surface area contributed by atoms with Crippen molar-refractivity contribution >= 4 is 23.3 Å². The minimum Gasteiger partial charge on any atom is -0.432 e. The van der Waals surface area contributed by atoms with Gasteiger partial charge in [0.1, 0.15) is 5.76 Å². The number of Topliss-reactive ketones (excluding diaryl/α,β-unsaturated/α-hetero) is 1. The summed E-state index contributed by atoms with van der Waals surface area (Å²) in [5, 5.41) is 0. The first-order valence-corrected chi connectivity index (χ1v) is 6.39. The Morgan fingerprint density at radius 3 is 2.50 bits per heavy atom. The third kappa shape index (κ3) is 2.50. The van der Waals surface area contributed by atoms with Crippen LogP contribution in [0.15, 0.2) is 30.2 Å². The fourth-order valence-electron chi connectivity index (χ4n) is 2.45. The Labute approximate surface area is 117 Å². The first kappa shape index (κ1) is 14.1. The number of nitrogens with zero attached hydrogens (tertiary/aromatic N) is 1. The highest BCUT2D eigenvalue weighted by Crippen LogP contribution is 2.26. The van der Waals surface area contributed by atoms with Crippen molar-refractivity contribution < 1.29 is 14.3 Å². The monoisotopic (exact) mass is 271 g/mol. The van der Waals surface area contributed by atoms with Crippen LogP contribution in [0, 0.1) is 6.92 Å². The van der Waals surface area contributed by atoms with Gasteiger partial charge in [-0.1, -0.05) is 6.07 Å². The fraction of sp³-hybridized carbons (Fsp3) is 0.250. The Morgan fingerprint density at radius 1 is 1.20 bits per heavy atom. The molecule has 0 N–H and O–H groups in total. The zero-order chi connectivity index (χ0) is 14.9. The maximum atomic E-state index is 11.9. The Kier molecular flexibility index (Phi) is 3.74. The minimum absolute atomic E-state index is 0.00641. The molecular weight excluding hydrogens is 254 g/mol. The van der Waals surface area contributed by atoms with Gasteiger partial charge in [0.15, 0.2) is 5.78 Å². The molecule has 0 bridgehead atoms. The molecule has 0 aromatic carbocycles. The van der Waals surface area contributed by atoms with Crippen LogP contribution in [0.5, 0.6) is 0 Å². The van der Waals surface area contributed by atoms with Gasteiger partial charge in [0.05, 0.1) is 5.52 Å². The first-order valence-electron chi connectivity index (χ1n) is 6.39. The van der Waals surface area contributed by atoms with Gasteiger partial charge in [-0.15, -0.1) is 0 Å². The largest absolute Gasteiger partial charge is 0.432 e. The van der Waals surface area contributed by atoms with Crippen molar-refractivity contribution in [1.82, 2.24) is 4.40 Å². The molecule has 2 aromatic heterocycles. The molecule has 0 aliphatic carbocycles. The molecule has 0 atom stereocenters. The lowest BCUT2D eigenvalue weighted by Crippen LogP contribution is -1.98. The van der Waals surface area contributed by atoms with Crippen molar-refractivity contribution in [2.45, 2.75) is 27.7 Å². The highest BCUT2D eigenvalue weighted by Gasteiger charge is 2.17. The molecule has 20 heavy (non-hydrogen) atoms. The van der Waals surface area contributed by atoms with Crippen LogP contribution in [0.2, 0.25) is 0 Å². The summed E-state index contributed by atoms with van der Waals surface area (Å²) in [6, 6.07) is 5.76. The topological polar surface area (TPSA) is 47.8 Å². The van der Waals surface area contributed by atoms with Crippen molar-refractivity contribution in [3.8, 4) is 0 Å². The van der Waals surface area contributed by atoms with E-state index in [9.17, 15) is 9.59 Å². The Balaban J connectivity index is 2.70. The number of hydrogen-bond acceptors (Lipinski definition) is 3. The average molecular weight is 271 g/mol. The Hall–Kier alpha value is -2.36. The summed E-state index contributed by atoms with van der Waals surface area (Å²) in [4.78, 5) is 22.9. The lowest BCUT2D eigenvalue weighted by Gasteiger charge is -2.02. The quantitative estimate of drug-likeness (QED) is 0.488. The maximum Gasteiger partial charge on any atom is 0.307 e. The maximum absolute atomic E-state index is 11.9. The number of aryl methyl sites for hydroxylation is 1. The molecule has 2 heterocycles. The molecule has 0 spiro atoms. The molecule has 0 amide bonds. The van der Waals surface area contributed by atoms with Crippen LogP contribution < -0.4 is 0 Å².